The van der Waals surface area contributed by atoms with Crippen LogP contribution in [0.3, 0.4) is 0 Å². The number of nitro groups is 1. The molecule has 0 spiro atoms. The third-order valence-electron chi connectivity index (χ3n) is 3.50. The molecule has 2 rings (SSSR count). The lowest BCUT2D eigenvalue weighted by atomic mass is 10.1. The van der Waals surface area contributed by atoms with Crippen LogP contribution in [0.15, 0.2) is 42.5 Å². The number of para-hydroxylation sites is 1. The number of carbonyl (C=O) groups excluding carboxylic acids is 3. The largest absolute Gasteiger partial charge is 0.421 e. The van der Waals surface area contributed by atoms with Crippen molar-refractivity contribution in [2.75, 3.05) is 6.54 Å². The standard InChI is InChI=1S/C16H16N2O6/c19-14-9-10-15(20)17(14)11-5-4-8-13(18(22)23)16(21)24-12-6-2-1-3-7-12/h1-3,6-7,9-10,13H,4-5,8,11H2. The van der Waals surface area contributed by atoms with Crippen LogP contribution >= 0.6 is 0 Å². The fourth-order valence-corrected chi connectivity index (χ4v) is 2.24. The number of nitrogens with zero attached hydrogens (tertiary/aromatic N) is 2. The molecule has 8 heteroatoms. The Kier molecular flexibility index (Phi) is 5.78. The van der Waals surface area contributed by atoms with Gasteiger partial charge in [0.05, 0.1) is 0 Å². The Morgan fingerprint density at radius 3 is 2.33 bits per heavy atom. The zero-order valence-electron chi connectivity index (χ0n) is 12.8. The molecule has 0 aliphatic carbocycles. The highest BCUT2D eigenvalue weighted by molar-refractivity contribution is 6.12. The van der Waals surface area contributed by atoms with Crippen LogP contribution in [-0.4, -0.2) is 40.2 Å². The molecule has 1 aromatic carbocycles. The van der Waals surface area contributed by atoms with E-state index in [-0.39, 0.29) is 18.7 Å². The predicted octanol–water partition coefficient (Wildman–Crippen LogP) is 1.33. The number of unbranched alkanes of at least 4 members (excludes halogenated alkanes) is 1. The van der Waals surface area contributed by atoms with Crippen LogP contribution in [0.5, 0.6) is 5.75 Å². The van der Waals surface area contributed by atoms with Crippen LogP contribution in [0.25, 0.3) is 0 Å². The third kappa shape index (κ3) is 4.48. The first kappa shape index (κ1) is 17.3. The summed E-state index contributed by atoms with van der Waals surface area (Å²) in [4.78, 5) is 46.1. The number of hydrogen-bond donors (Lipinski definition) is 0. The maximum atomic E-state index is 11.9. The van der Waals surface area contributed by atoms with Gasteiger partial charge in [-0.2, -0.15) is 0 Å². The Morgan fingerprint density at radius 1 is 1.12 bits per heavy atom. The monoisotopic (exact) mass is 332 g/mol. The summed E-state index contributed by atoms with van der Waals surface area (Å²) < 4.78 is 4.99. The molecule has 1 unspecified atom stereocenters. The summed E-state index contributed by atoms with van der Waals surface area (Å²) in [5.41, 5.74) is 0. The highest BCUT2D eigenvalue weighted by Crippen LogP contribution is 2.14. The lowest BCUT2D eigenvalue weighted by Crippen LogP contribution is -2.34. The molecule has 0 bridgehead atoms. The van der Waals surface area contributed by atoms with Gasteiger partial charge in [-0.15, -0.1) is 0 Å². The number of imide groups is 1. The van der Waals surface area contributed by atoms with E-state index in [1.165, 1.54) is 24.3 Å². The van der Waals surface area contributed by atoms with Gasteiger partial charge in [0.2, 0.25) is 0 Å². The molecule has 0 saturated heterocycles. The first-order chi connectivity index (χ1) is 11.5. The minimum Gasteiger partial charge on any atom is -0.421 e. The van der Waals surface area contributed by atoms with Crippen LogP contribution in [0.1, 0.15) is 19.3 Å². The number of benzene rings is 1. The van der Waals surface area contributed by atoms with E-state index in [2.05, 4.69) is 0 Å². The molecule has 1 aromatic rings. The summed E-state index contributed by atoms with van der Waals surface area (Å²) in [6.07, 6.45) is 3.02. The van der Waals surface area contributed by atoms with Gasteiger partial charge in [0.25, 0.3) is 11.8 Å². The number of hydrogen-bond acceptors (Lipinski definition) is 6. The first-order valence-corrected chi connectivity index (χ1v) is 7.43. The highest BCUT2D eigenvalue weighted by atomic mass is 16.6. The second kappa shape index (κ2) is 8.00. The maximum absolute atomic E-state index is 11.9. The first-order valence-electron chi connectivity index (χ1n) is 7.43. The van der Waals surface area contributed by atoms with Crippen LogP contribution in [-0.2, 0) is 14.4 Å². The second-order valence-corrected chi connectivity index (χ2v) is 5.19. The van der Waals surface area contributed by atoms with Gasteiger partial charge >= 0.3 is 12.0 Å². The van der Waals surface area contributed by atoms with E-state index in [0.717, 1.165) is 4.90 Å². The van der Waals surface area contributed by atoms with Crippen molar-refractivity contribution in [3.63, 3.8) is 0 Å². The Morgan fingerprint density at radius 2 is 1.75 bits per heavy atom. The topological polar surface area (TPSA) is 107 Å². The van der Waals surface area contributed by atoms with E-state index in [1.807, 2.05) is 0 Å². The zero-order chi connectivity index (χ0) is 17.5. The van der Waals surface area contributed by atoms with Crippen LogP contribution in [0.2, 0.25) is 0 Å². The maximum Gasteiger partial charge on any atom is 0.387 e. The summed E-state index contributed by atoms with van der Waals surface area (Å²) in [6.45, 7) is 0.169. The Balaban J connectivity index is 1.81. The average molecular weight is 332 g/mol. The van der Waals surface area contributed by atoms with Crippen molar-refractivity contribution in [2.24, 2.45) is 0 Å². The molecule has 0 radical (unpaired) electrons. The number of ether oxygens (including phenoxy) is 1. The molecule has 0 aromatic heterocycles. The van der Waals surface area contributed by atoms with Crippen molar-refractivity contribution in [2.45, 2.75) is 25.3 Å². The predicted molar refractivity (Wildman–Crippen MR) is 82.6 cm³/mol. The van der Waals surface area contributed by atoms with Crippen molar-refractivity contribution in [3.05, 3.63) is 52.6 Å². The Hall–Kier alpha value is -3.03. The number of esters is 1. The SMILES string of the molecule is O=C(Oc1ccccc1)C(CCCCN1C(=O)C=CC1=O)[N+](=O)[O-]. The van der Waals surface area contributed by atoms with Crippen LogP contribution in [0.4, 0.5) is 0 Å². The molecule has 24 heavy (non-hydrogen) atoms. The lowest BCUT2D eigenvalue weighted by molar-refractivity contribution is -0.510. The third-order valence-corrected chi connectivity index (χ3v) is 3.50. The molecule has 126 valence electrons. The number of rotatable bonds is 8. The zero-order valence-corrected chi connectivity index (χ0v) is 12.8. The molecule has 0 saturated carbocycles. The summed E-state index contributed by atoms with van der Waals surface area (Å²) in [7, 11) is 0. The quantitative estimate of drug-likeness (QED) is 0.177. The molecule has 2 amide bonds. The molecular weight excluding hydrogens is 316 g/mol. The molecule has 1 aliphatic rings. The molecule has 1 heterocycles. The summed E-state index contributed by atoms with van der Waals surface area (Å²) in [5.74, 6) is -1.47. The van der Waals surface area contributed by atoms with Gasteiger partial charge in [0.15, 0.2) is 0 Å². The molecular formula is C16H16N2O6. The smallest absolute Gasteiger partial charge is 0.387 e. The summed E-state index contributed by atoms with van der Waals surface area (Å²) in [6, 6.07) is 6.63. The molecule has 1 atom stereocenters. The van der Waals surface area contributed by atoms with E-state index < -0.39 is 28.7 Å². The van der Waals surface area contributed by atoms with E-state index in [9.17, 15) is 24.5 Å². The van der Waals surface area contributed by atoms with E-state index in [4.69, 9.17) is 4.74 Å². The molecule has 0 fully saturated rings. The minimum absolute atomic E-state index is 0.0255. The number of carbonyl (C=O) groups is 3. The summed E-state index contributed by atoms with van der Waals surface area (Å²) in [5, 5.41) is 11.1. The van der Waals surface area contributed by atoms with Crippen molar-refractivity contribution in [3.8, 4) is 5.75 Å². The molecule has 1 aliphatic heterocycles. The Labute approximate surface area is 137 Å². The van der Waals surface area contributed by atoms with Crippen molar-refractivity contribution in [1.29, 1.82) is 0 Å². The van der Waals surface area contributed by atoms with Crippen LogP contribution < -0.4 is 4.74 Å². The van der Waals surface area contributed by atoms with Gasteiger partial charge in [0.1, 0.15) is 5.75 Å². The summed E-state index contributed by atoms with van der Waals surface area (Å²) >= 11 is 0. The van der Waals surface area contributed by atoms with E-state index in [1.54, 1.807) is 18.2 Å². The van der Waals surface area contributed by atoms with Gasteiger partial charge in [-0.3, -0.25) is 24.6 Å². The fraction of sp³-hybridized carbons (Fsp3) is 0.312. The average Bonchev–Trinajstić information content (AvgIpc) is 2.86. The van der Waals surface area contributed by atoms with Gasteiger partial charge in [-0.05, 0) is 25.0 Å². The van der Waals surface area contributed by atoms with Gasteiger partial charge < -0.3 is 4.74 Å². The Bertz CT molecular complexity index is 652. The minimum atomic E-state index is -1.48. The van der Waals surface area contributed by atoms with Gasteiger partial charge in [0, 0.05) is 30.0 Å². The van der Waals surface area contributed by atoms with Gasteiger partial charge in [-0.1, -0.05) is 18.2 Å². The lowest BCUT2D eigenvalue weighted by Gasteiger charge is -2.13. The van der Waals surface area contributed by atoms with Crippen LogP contribution in [0, 0.1) is 10.1 Å². The molecule has 8 nitrogen and oxygen atoms in total. The fourth-order valence-electron chi connectivity index (χ4n) is 2.24. The van der Waals surface area contributed by atoms with E-state index in [0.29, 0.717) is 12.8 Å². The van der Waals surface area contributed by atoms with E-state index >= 15 is 0 Å². The molecule has 0 N–H and O–H groups in total. The van der Waals surface area contributed by atoms with Crippen molar-refractivity contribution >= 4 is 17.8 Å². The van der Waals surface area contributed by atoms with Crippen molar-refractivity contribution in [1.82, 2.24) is 4.90 Å². The highest BCUT2D eigenvalue weighted by Gasteiger charge is 2.31. The van der Waals surface area contributed by atoms with Crippen molar-refractivity contribution < 1.29 is 24.0 Å². The normalized spacial score (nSPS) is 14.8. The van der Waals surface area contributed by atoms with Gasteiger partial charge in [-0.25, -0.2) is 4.79 Å². The second-order valence-electron chi connectivity index (χ2n) is 5.19. The number of amides is 2.